The summed E-state index contributed by atoms with van der Waals surface area (Å²) >= 11 is 11.5. The summed E-state index contributed by atoms with van der Waals surface area (Å²) in [6.45, 7) is 3.90. The summed E-state index contributed by atoms with van der Waals surface area (Å²) in [4.78, 5) is 20.2. The van der Waals surface area contributed by atoms with E-state index in [1.54, 1.807) is 6.07 Å². The second-order valence-electron chi connectivity index (χ2n) is 7.06. The van der Waals surface area contributed by atoms with Crippen LogP contribution in [0.2, 0.25) is 5.02 Å². The number of anilines is 1. The highest BCUT2D eigenvalue weighted by Gasteiger charge is 2.10. The first-order valence-electron chi connectivity index (χ1n) is 9.34. The maximum atomic E-state index is 12.3. The van der Waals surface area contributed by atoms with Crippen molar-refractivity contribution in [2.45, 2.75) is 13.8 Å². The quantitative estimate of drug-likeness (QED) is 0.365. The van der Waals surface area contributed by atoms with Gasteiger partial charge in [-0.3, -0.25) is 10.1 Å². The van der Waals surface area contributed by atoms with Crippen molar-refractivity contribution < 1.29 is 4.79 Å². The lowest BCUT2D eigenvalue weighted by Gasteiger charge is -2.10. The number of aromatic amines is 1. The van der Waals surface area contributed by atoms with Crippen molar-refractivity contribution in [3.05, 3.63) is 82.4 Å². The zero-order valence-electron chi connectivity index (χ0n) is 16.4. The van der Waals surface area contributed by atoms with Gasteiger partial charge in [-0.25, -0.2) is 4.98 Å². The summed E-state index contributed by atoms with van der Waals surface area (Å²) in [7, 11) is 0. The topological polar surface area (TPSA) is 69.8 Å². The van der Waals surface area contributed by atoms with E-state index < -0.39 is 0 Å². The number of nitrogens with zero attached hydrogens (tertiary/aromatic N) is 1. The fourth-order valence-electron chi connectivity index (χ4n) is 3.11. The van der Waals surface area contributed by atoms with Crippen molar-refractivity contribution in [3.8, 4) is 11.4 Å². The molecule has 0 fully saturated rings. The molecule has 0 radical (unpaired) electrons. The maximum absolute atomic E-state index is 12.3. The van der Waals surface area contributed by atoms with Gasteiger partial charge in [-0.1, -0.05) is 29.3 Å². The number of amides is 1. The third-order valence-corrected chi connectivity index (χ3v) is 5.30. The molecule has 0 unspecified atom stereocenters. The Morgan fingerprint density at radius 2 is 1.83 bits per heavy atom. The molecule has 3 aromatic carbocycles. The molecule has 1 heterocycles. The van der Waals surface area contributed by atoms with Crippen LogP contribution in [0.25, 0.3) is 22.4 Å². The van der Waals surface area contributed by atoms with Crippen LogP contribution in [0.5, 0.6) is 0 Å². The van der Waals surface area contributed by atoms with Crippen LogP contribution in [0.4, 0.5) is 5.69 Å². The second-order valence-corrected chi connectivity index (χ2v) is 7.87. The predicted molar refractivity (Wildman–Crippen MR) is 126 cm³/mol. The van der Waals surface area contributed by atoms with Crippen molar-refractivity contribution in [2.24, 2.45) is 0 Å². The smallest absolute Gasteiger partial charge is 0.257 e. The van der Waals surface area contributed by atoms with Crippen LogP contribution >= 0.6 is 23.8 Å². The van der Waals surface area contributed by atoms with E-state index in [-0.39, 0.29) is 11.0 Å². The van der Waals surface area contributed by atoms with Crippen LogP contribution in [0.15, 0.2) is 60.7 Å². The first-order valence-corrected chi connectivity index (χ1v) is 10.1. The average Bonchev–Trinajstić information content (AvgIpc) is 3.11. The summed E-state index contributed by atoms with van der Waals surface area (Å²) in [5, 5.41) is 6.66. The second kappa shape index (κ2) is 8.26. The number of hydrogen-bond acceptors (Lipinski definition) is 3. The first-order chi connectivity index (χ1) is 14.4. The highest BCUT2D eigenvalue weighted by atomic mass is 35.5. The number of hydrogen-bond donors (Lipinski definition) is 3. The van der Waals surface area contributed by atoms with Gasteiger partial charge in [0, 0.05) is 21.8 Å². The molecular weight excluding hydrogens is 416 g/mol. The van der Waals surface area contributed by atoms with E-state index in [9.17, 15) is 4.79 Å². The van der Waals surface area contributed by atoms with Crippen molar-refractivity contribution in [3.63, 3.8) is 0 Å². The average molecular weight is 435 g/mol. The van der Waals surface area contributed by atoms with Gasteiger partial charge in [0.05, 0.1) is 11.0 Å². The number of H-pyrrole nitrogens is 1. The van der Waals surface area contributed by atoms with E-state index in [0.717, 1.165) is 39.2 Å². The van der Waals surface area contributed by atoms with Gasteiger partial charge in [0.2, 0.25) is 0 Å². The third kappa shape index (κ3) is 4.35. The molecule has 0 spiro atoms. The monoisotopic (exact) mass is 434 g/mol. The van der Waals surface area contributed by atoms with E-state index in [0.29, 0.717) is 10.6 Å². The number of carbonyl (C=O) groups excluding carboxylic acids is 1. The Kier molecular flexibility index (Phi) is 5.53. The fourth-order valence-corrected chi connectivity index (χ4v) is 3.48. The molecule has 150 valence electrons. The van der Waals surface area contributed by atoms with Crippen LogP contribution in [0, 0.1) is 13.8 Å². The van der Waals surface area contributed by atoms with Gasteiger partial charge in [-0.15, -0.1) is 0 Å². The first kappa shape index (κ1) is 20.1. The number of imidazole rings is 1. The highest BCUT2D eigenvalue weighted by molar-refractivity contribution is 7.80. The summed E-state index contributed by atoms with van der Waals surface area (Å²) in [6.07, 6.45) is 0. The number of benzene rings is 3. The SMILES string of the molecule is Cc1cccc(C(=O)NC(=S)Nc2ccc(-c3nc4cc(Cl)c(C)cc4[nH]3)cc2)c1. The molecule has 1 aromatic heterocycles. The van der Waals surface area contributed by atoms with Crippen LogP contribution < -0.4 is 10.6 Å². The molecule has 4 aromatic rings. The summed E-state index contributed by atoms with van der Waals surface area (Å²) in [5.41, 5.74) is 6.04. The molecule has 1 amide bonds. The third-order valence-electron chi connectivity index (χ3n) is 4.69. The number of fused-ring (bicyclic) bond motifs is 1. The summed E-state index contributed by atoms with van der Waals surface area (Å²) in [5.74, 6) is 0.512. The van der Waals surface area contributed by atoms with E-state index in [2.05, 4.69) is 20.6 Å². The lowest BCUT2D eigenvalue weighted by Crippen LogP contribution is -2.34. The lowest BCUT2D eigenvalue weighted by molar-refractivity contribution is 0.0977. The molecule has 0 aliphatic rings. The summed E-state index contributed by atoms with van der Waals surface area (Å²) < 4.78 is 0. The highest BCUT2D eigenvalue weighted by Crippen LogP contribution is 2.26. The standard InChI is InChI=1S/C23H19ClN4OS/c1-13-4-3-5-16(10-13)22(29)28-23(30)25-17-8-6-15(7-9-17)21-26-19-11-14(2)18(24)12-20(19)27-21/h3-12H,1-2H3,(H,26,27)(H2,25,28,29,30). The predicted octanol–water partition coefficient (Wildman–Crippen LogP) is 5.63. The van der Waals surface area contributed by atoms with Gasteiger partial charge in [0.25, 0.3) is 5.91 Å². The molecule has 30 heavy (non-hydrogen) atoms. The molecule has 4 rings (SSSR count). The molecule has 0 aliphatic carbocycles. The minimum Gasteiger partial charge on any atom is -0.338 e. The number of rotatable bonds is 3. The van der Waals surface area contributed by atoms with Crippen LogP contribution in [0.1, 0.15) is 21.5 Å². The molecule has 0 aliphatic heterocycles. The molecule has 0 atom stereocenters. The number of nitrogens with one attached hydrogen (secondary N) is 3. The number of aromatic nitrogens is 2. The van der Waals surface area contributed by atoms with E-state index in [1.807, 2.05) is 68.4 Å². The largest absolute Gasteiger partial charge is 0.338 e. The zero-order chi connectivity index (χ0) is 21.3. The minimum atomic E-state index is -0.246. The minimum absolute atomic E-state index is 0.239. The lowest BCUT2D eigenvalue weighted by atomic mass is 10.1. The Morgan fingerprint density at radius 1 is 1.07 bits per heavy atom. The van der Waals surface area contributed by atoms with Crippen molar-refractivity contribution in [1.29, 1.82) is 0 Å². The molecule has 0 saturated carbocycles. The van der Waals surface area contributed by atoms with Gasteiger partial charge < -0.3 is 10.3 Å². The molecular formula is C23H19ClN4OS. The number of halogens is 1. The fraction of sp³-hybridized carbons (Fsp3) is 0.0870. The number of carbonyl (C=O) groups is 1. The van der Waals surface area contributed by atoms with Crippen molar-refractivity contribution >= 4 is 51.6 Å². The Labute approximate surface area is 184 Å². The van der Waals surface area contributed by atoms with Gasteiger partial charge in [0.15, 0.2) is 5.11 Å². The maximum Gasteiger partial charge on any atom is 0.257 e. The molecule has 0 saturated heterocycles. The molecule has 7 heteroatoms. The van der Waals surface area contributed by atoms with Crippen LogP contribution in [-0.4, -0.2) is 21.0 Å². The van der Waals surface area contributed by atoms with Gasteiger partial charge in [-0.2, -0.15) is 0 Å². The Morgan fingerprint density at radius 3 is 2.57 bits per heavy atom. The molecule has 3 N–H and O–H groups in total. The molecule has 5 nitrogen and oxygen atoms in total. The van der Waals surface area contributed by atoms with Crippen molar-refractivity contribution in [2.75, 3.05) is 5.32 Å². The van der Waals surface area contributed by atoms with Crippen molar-refractivity contribution in [1.82, 2.24) is 15.3 Å². The molecule has 0 bridgehead atoms. The Hall–Kier alpha value is -3.22. The Balaban J connectivity index is 1.44. The van der Waals surface area contributed by atoms with Crippen LogP contribution in [0.3, 0.4) is 0 Å². The van der Waals surface area contributed by atoms with Crippen LogP contribution in [-0.2, 0) is 0 Å². The normalized spacial score (nSPS) is 10.8. The van der Waals surface area contributed by atoms with E-state index in [4.69, 9.17) is 23.8 Å². The zero-order valence-corrected chi connectivity index (χ0v) is 18.0. The summed E-state index contributed by atoms with van der Waals surface area (Å²) in [6, 6.07) is 18.8. The van der Waals surface area contributed by atoms with Gasteiger partial charge >= 0.3 is 0 Å². The van der Waals surface area contributed by atoms with E-state index in [1.165, 1.54) is 0 Å². The number of thiocarbonyl (C=S) groups is 1. The van der Waals surface area contributed by atoms with Gasteiger partial charge in [0.1, 0.15) is 5.82 Å². The van der Waals surface area contributed by atoms with Gasteiger partial charge in [-0.05, 0) is 80.2 Å². The van der Waals surface area contributed by atoms with E-state index >= 15 is 0 Å². The number of aryl methyl sites for hydroxylation is 2. The Bertz CT molecular complexity index is 1230.